The lowest BCUT2D eigenvalue weighted by atomic mass is 10.1. The van der Waals surface area contributed by atoms with Crippen molar-refractivity contribution in [2.75, 3.05) is 5.32 Å². The molecule has 3 aromatic rings. The van der Waals surface area contributed by atoms with Crippen LogP contribution in [0.2, 0.25) is 5.02 Å². The monoisotopic (exact) mass is 414 g/mol. The van der Waals surface area contributed by atoms with Gasteiger partial charge in [0.05, 0.1) is 11.7 Å². The second-order valence-corrected chi connectivity index (χ2v) is 7.68. The number of rotatable bonds is 5. The summed E-state index contributed by atoms with van der Waals surface area (Å²) in [6.45, 7) is 3.71. The van der Waals surface area contributed by atoms with E-state index in [0.717, 1.165) is 16.1 Å². The fraction of sp³-hybridized carbons (Fsp3) is 0.150. The van der Waals surface area contributed by atoms with Crippen LogP contribution in [0.1, 0.15) is 33.9 Å². The van der Waals surface area contributed by atoms with Gasteiger partial charge in [-0.05, 0) is 43.7 Å². The molecule has 2 aromatic carbocycles. The molecular formula is C20H19ClN4O2S. The molecule has 0 fully saturated rings. The van der Waals surface area contributed by atoms with Gasteiger partial charge < -0.3 is 16.4 Å². The first-order valence-electron chi connectivity index (χ1n) is 8.54. The Labute approximate surface area is 171 Å². The van der Waals surface area contributed by atoms with Gasteiger partial charge in [-0.15, -0.1) is 11.3 Å². The van der Waals surface area contributed by atoms with E-state index in [1.54, 1.807) is 24.3 Å². The molecule has 3 amide bonds. The van der Waals surface area contributed by atoms with Crippen LogP contribution in [0, 0.1) is 6.92 Å². The molecule has 1 aromatic heterocycles. The summed E-state index contributed by atoms with van der Waals surface area (Å²) >= 11 is 7.27. The van der Waals surface area contributed by atoms with E-state index in [0.29, 0.717) is 21.3 Å². The highest BCUT2D eigenvalue weighted by Gasteiger charge is 2.18. The van der Waals surface area contributed by atoms with Crippen molar-refractivity contribution in [3.63, 3.8) is 0 Å². The lowest BCUT2D eigenvalue weighted by molar-refractivity contribution is 0.0943. The van der Waals surface area contributed by atoms with E-state index in [1.165, 1.54) is 11.3 Å². The van der Waals surface area contributed by atoms with Gasteiger partial charge in [-0.25, -0.2) is 9.78 Å². The van der Waals surface area contributed by atoms with Crippen molar-refractivity contribution in [2.45, 2.75) is 19.9 Å². The molecule has 8 heteroatoms. The molecule has 0 aliphatic carbocycles. The first-order valence-corrected chi connectivity index (χ1v) is 9.73. The SMILES string of the molecule is Cc1nc(-c2ccc(Cl)cc2)sc1C(=O)N[C@H](C)c1ccc(NC(N)=O)cc1. The molecule has 0 aliphatic heterocycles. The van der Waals surface area contributed by atoms with E-state index < -0.39 is 6.03 Å². The maximum Gasteiger partial charge on any atom is 0.316 e. The molecule has 0 radical (unpaired) electrons. The van der Waals surface area contributed by atoms with Crippen molar-refractivity contribution < 1.29 is 9.59 Å². The highest BCUT2D eigenvalue weighted by molar-refractivity contribution is 7.17. The summed E-state index contributed by atoms with van der Waals surface area (Å²) in [7, 11) is 0. The largest absolute Gasteiger partial charge is 0.351 e. The number of halogens is 1. The van der Waals surface area contributed by atoms with Gasteiger partial charge in [-0.3, -0.25) is 4.79 Å². The lowest BCUT2D eigenvalue weighted by Gasteiger charge is -2.14. The summed E-state index contributed by atoms with van der Waals surface area (Å²) in [6.07, 6.45) is 0. The highest BCUT2D eigenvalue weighted by atomic mass is 35.5. The molecule has 0 unspecified atom stereocenters. The number of nitrogens with two attached hydrogens (primary N) is 1. The number of carbonyl (C=O) groups is 2. The number of urea groups is 1. The van der Waals surface area contributed by atoms with Crippen molar-refractivity contribution in [2.24, 2.45) is 5.73 Å². The smallest absolute Gasteiger partial charge is 0.316 e. The molecule has 1 heterocycles. The topological polar surface area (TPSA) is 97.1 Å². The fourth-order valence-corrected chi connectivity index (χ4v) is 3.77. The molecule has 0 bridgehead atoms. The summed E-state index contributed by atoms with van der Waals surface area (Å²) < 4.78 is 0. The number of hydrogen-bond acceptors (Lipinski definition) is 4. The van der Waals surface area contributed by atoms with Crippen LogP contribution in [-0.2, 0) is 0 Å². The first-order chi connectivity index (χ1) is 13.3. The number of aryl methyl sites for hydroxylation is 1. The second kappa shape index (κ2) is 8.41. The molecule has 0 aliphatic rings. The minimum absolute atomic E-state index is 0.179. The third-order valence-electron chi connectivity index (χ3n) is 4.12. The second-order valence-electron chi connectivity index (χ2n) is 6.25. The summed E-state index contributed by atoms with van der Waals surface area (Å²) in [5.41, 5.74) is 8.20. The van der Waals surface area contributed by atoms with E-state index in [-0.39, 0.29) is 11.9 Å². The summed E-state index contributed by atoms with van der Waals surface area (Å²) in [4.78, 5) is 28.7. The molecule has 0 spiro atoms. The lowest BCUT2D eigenvalue weighted by Crippen LogP contribution is -2.26. The van der Waals surface area contributed by atoms with Crippen molar-refractivity contribution in [1.82, 2.24) is 10.3 Å². The number of nitrogens with zero attached hydrogens (tertiary/aromatic N) is 1. The van der Waals surface area contributed by atoms with Gasteiger partial charge in [-0.1, -0.05) is 35.9 Å². The number of primary amides is 1. The fourth-order valence-electron chi connectivity index (χ4n) is 2.67. The van der Waals surface area contributed by atoms with Crippen LogP contribution in [0.3, 0.4) is 0 Å². The quantitative estimate of drug-likeness (QED) is 0.561. The van der Waals surface area contributed by atoms with Gasteiger partial charge in [0.2, 0.25) is 0 Å². The van der Waals surface area contributed by atoms with Crippen molar-refractivity contribution in [3.8, 4) is 10.6 Å². The Hall–Kier alpha value is -2.90. The standard InChI is InChI=1S/C20H19ClN4O2S/c1-11(13-5-9-16(10-6-13)25-20(22)27)23-18(26)17-12(2)24-19(28-17)14-3-7-15(21)8-4-14/h3-11H,1-2H3,(H,23,26)(H3,22,25,27)/t11-/m1/s1. The molecule has 1 atom stereocenters. The molecular weight excluding hydrogens is 396 g/mol. The van der Waals surface area contributed by atoms with Crippen molar-refractivity contribution >= 4 is 40.6 Å². The summed E-state index contributed by atoms with van der Waals surface area (Å²) in [5, 5.41) is 6.91. The Morgan fingerprint density at radius 1 is 1.11 bits per heavy atom. The molecule has 6 nitrogen and oxygen atoms in total. The van der Waals surface area contributed by atoms with E-state index in [1.807, 2.05) is 38.1 Å². The number of anilines is 1. The summed E-state index contributed by atoms with van der Waals surface area (Å²) in [6, 6.07) is 13.7. The first kappa shape index (κ1) is 19.9. The van der Waals surface area contributed by atoms with E-state index in [4.69, 9.17) is 17.3 Å². The zero-order valence-corrected chi connectivity index (χ0v) is 16.9. The predicted molar refractivity (Wildman–Crippen MR) is 113 cm³/mol. The number of benzene rings is 2. The number of carbonyl (C=O) groups excluding carboxylic acids is 2. The minimum Gasteiger partial charge on any atom is -0.351 e. The number of amides is 3. The van der Waals surface area contributed by atoms with Crippen LogP contribution in [0.5, 0.6) is 0 Å². The number of aromatic nitrogens is 1. The Kier molecular flexibility index (Phi) is 5.96. The summed E-state index contributed by atoms with van der Waals surface area (Å²) in [5.74, 6) is -0.179. The molecule has 28 heavy (non-hydrogen) atoms. The third-order valence-corrected chi connectivity index (χ3v) is 5.58. The normalized spacial score (nSPS) is 11.7. The maximum absolute atomic E-state index is 12.7. The molecule has 0 saturated heterocycles. The predicted octanol–water partition coefficient (Wildman–Crippen LogP) is 4.75. The molecule has 144 valence electrons. The number of hydrogen-bond donors (Lipinski definition) is 3. The molecule has 3 rings (SSSR count). The Balaban J connectivity index is 1.72. The third kappa shape index (κ3) is 4.68. The zero-order valence-electron chi connectivity index (χ0n) is 15.3. The highest BCUT2D eigenvalue weighted by Crippen LogP contribution is 2.29. The van der Waals surface area contributed by atoms with E-state index in [2.05, 4.69) is 15.6 Å². The zero-order chi connectivity index (χ0) is 20.3. The van der Waals surface area contributed by atoms with Crippen LogP contribution >= 0.6 is 22.9 Å². The van der Waals surface area contributed by atoms with E-state index in [9.17, 15) is 9.59 Å². The van der Waals surface area contributed by atoms with Gasteiger partial charge in [-0.2, -0.15) is 0 Å². The maximum atomic E-state index is 12.7. The van der Waals surface area contributed by atoms with Gasteiger partial charge >= 0.3 is 6.03 Å². The van der Waals surface area contributed by atoms with Crippen molar-refractivity contribution in [3.05, 3.63) is 69.7 Å². The Bertz CT molecular complexity index is 1000. The Morgan fingerprint density at radius 3 is 2.36 bits per heavy atom. The number of nitrogens with one attached hydrogen (secondary N) is 2. The van der Waals surface area contributed by atoms with Crippen LogP contribution in [0.4, 0.5) is 10.5 Å². The van der Waals surface area contributed by atoms with Gasteiger partial charge in [0.25, 0.3) is 5.91 Å². The van der Waals surface area contributed by atoms with Crippen LogP contribution in [0.25, 0.3) is 10.6 Å². The van der Waals surface area contributed by atoms with Gasteiger partial charge in [0.1, 0.15) is 9.88 Å². The Morgan fingerprint density at radius 2 is 1.75 bits per heavy atom. The van der Waals surface area contributed by atoms with Crippen molar-refractivity contribution in [1.29, 1.82) is 0 Å². The van der Waals surface area contributed by atoms with Gasteiger partial charge in [0, 0.05) is 16.3 Å². The average molecular weight is 415 g/mol. The molecule has 0 saturated carbocycles. The van der Waals surface area contributed by atoms with Crippen LogP contribution < -0.4 is 16.4 Å². The average Bonchev–Trinajstić information content (AvgIpc) is 3.04. The van der Waals surface area contributed by atoms with E-state index >= 15 is 0 Å². The number of thiazole rings is 1. The molecule has 4 N–H and O–H groups in total. The van der Waals surface area contributed by atoms with Crippen LogP contribution in [-0.4, -0.2) is 16.9 Å². The minimum atomic E-state index is -0.619. The van der Waals surface area contributed by atoms with Gasteiger partial charge in [0.15, 0.2) is 0 Å². The van der Waals surface area contributed by atoms with Crippen LogP contribution in [0.15, 0.2) is 48.5 Å².